The van der Waals surface area contributed by atoms with Gasteiger partial charge in [0.2, 0.25) is 0 Å². The molecule has 1 aliphatic heterocycles. The average molecular weight is 332 g/mol. The maximum Gasteiger partial charge on any atom is 0.523 e. The first-order chi connectivity index (χ1) is 9.64. The van der Waals surface area contributed by atoms with Gasteiger partial charge in [0.05, 0.1) is 13.3 Å². The largest absolute Gasteiger partial charge is 0.523 e. The number of hydrogen-bond acceptors (Lipinski definition) is 5. The van der Waals surface area contributed by atoms with E-state index >= 15 is 0 Å². The molecule has 0 aromatic heterocycles. The van der Waals surface area contributed by atoms with Crippen molar-refractivity contribution < 1.29 is 25.8 Å². The minimum atomic E-state index is -5.35. The predicted octanol–water partition coefficient (Wildman–Crippen LogP) is 2.73. The zero-order chi connectivity index (χ0) is 16.5. The van der Waals surface area contributed by atoms with Crippen LogP contribution in [0.3, 0.4) is 0 Å². The van der Waals surface area contributed by atoms with Gasteiger partial charge in [0.1, 0.15) is 0 Å². The van der Waals surface area contributed by atoms with Crippen molar-refractivity contribution in [3.63, 3.8) is 0 Å². The highest BCUT2D eigenvalue weighted by atomic mass is 32.2. The molecule has 0 aromatic carbocycles. The van der Waals surface area contributed by atoms with Crippen molar-refractivity contribution in [2.45, 2.75) is 38.6 Å². The average Bonchev–Trinajstić information content (AvgIpc) is 2.75. The molecule has 1 heterocycles. The van der Waals surface area contributed by atoms with Crippen molar-refractivity contribution in [1.82, 2.24) is 9.80 Å². The third-order valence-electron chi connectivity index (χ3n) is 2.54. The SMILES string of the molecule is CCCCCN1C=CN(C)C1.CCOS(=O)(=O)C(F)(F)F. The zero-order valence-corrected chi connectivity index (χ0v) is 13.4. The summed E-state index contributed by atoms with van der Waals surface area (Å²) in [6.45, 7) is 5.18. The molecule has 0 atom stereocenters. The molecule has 126 valence electrons. The maximum atomic E-state index is 11.3. The highest BCUT2D eigenvalue weighted by molar-refractivity contribution is 7.87. The van der Waals surface area contributed by atoms with E-state index in [4.69, 9.17) is 0 Å². The van der Waals surface area contributed by atoms with Crippen LogP contribution in [0.5, 0.6) is 0 Å². The summed E-state index contributed by atoms with van der Waals surface area (Å²) in [7, 11) is -3.24. The van der Waals surface area contributed by atoms with Crippen molar-refractivity contribution in [3.05, 3.63) is 12.4 Å². The first kappa shape index (κ1) is 20.0. The fourth-order valence-corrected chi connectivity index (χ4v) is 1.96. The number of hydrogen-bond donors (Lipinski definition) is 0. The highest BCUT2D eigenvalue weighted by Crippen LogP contribution is 2.24. The van der Waals surface area contributed by atoms with Crippen molar-refractivity contribution in [2.24, 2.45) is 0 Å². The van der Waals surface area contributed by atoms with Crippen LogP contribution in [0.15, 0.2) is 12.4 Å². The first-order valence-electron chi connectivity index (χ1n) is 6.72. The van der Waals surface area contributed by atoms with E-state index in [0.29, 0.717) is 0 Å². The van der Waals surface area contributed by atoms with E-state index in [1.807, 2.05) is 0 Å². The van der Waals surface area contributed by atoms with Crippen LogP contribution in [-0.2, 0) is 14.3 Å². The number of rotatable bonds is 6. The molecule has 0 bridgehead atoms. The van der Waals surface area contributed by atoms with Crippen LogP contribution in [0.25, 0.3) is 0 Å². The second-order valence-electron chi connectivity index (χ2n) is 4.52. The number of unbranched alkanes of at least 4 members (excludes halogenated alkanes) is 2. The standard InChI is InChI=1S/C9H18N2.C3H5F3O3S/c1-3-4-5-6-11-8-7-10(2)9-11;1-2-9-10(7,8)3(4,5)6/h7-8H,3-6,9H2,1-2H3;2H2,1H3. The van der Waals surface area contributed by atoms with Gasteiger partial charge in [-0.3, -0.25) is 4.18 Å². The van der Waals surface area contributed by atoms with Crippen molar-refractivity contribution in [2.75, 3.05) is 26.9 Å². The van der Waals surface area contributed by atoms with Gasteiger partial charge in [-0.15, -0.1) is 0 Å². The molecule has 0 unspecified atom stereocenters. The lowest BCUT2D eigenvalue weighted by atomic mass is 10.2. The Labute approximate surface area is 124 Å². The molecule has 0 radical (unpaired) electrons. The van der Waals surface area contributed by atoms with Gasteiger partial charge in [-0.1, -0.05) is 19.8 Å². The lowest BCUT2D eigenvalue weighted by Gasteiger charge is -2.17. The molecule has 1 rings (SSSR count). The van der Waals surface area contributed by atoms with E-state index in [1.54, 1.807) is 0 Å². The van der Waals surface area contributed by atoms with Crippen LogP contribution in [0.2, 0.25) is 0 Å². The Kier molecular flexibility index (Phi) is 8.72. The van der Waals surface area contributed by atoms with Gasteiger partial charge in [0.15, 0.2) is 0 Å². The number of halogens is 3. The van der Waals surface area contributed by atoms with Gasteiger partial charge in [-0.2, -0.15) is 21.6 Å². The quantitative estimate of drug-likeness (QED) is 0.425. The van der Waals surface area contributed by atoms with Crippen LogP contribution in [0.1, 0.15) is 33.1 Å². The highest BCUT2D eigenvalue weighted by Gasteiger charge is 2.46. The van der Waals surface area contributed by atoms with Gasteiger partial charge in [-0.05, 0) is 13.3 Å². The summed E-state index contributed by atoms with van der Waals surface area (Å²) in [6.07, 6.45) is 8.30. The molecule has 0 amide bonds. The molecule has 0 saturated heterocycles. The van der Waals surface area contributed by atoms with Crippen LogP contribution < -0.4 is 0 Å². The predicted molar refractivity (Wildman–Crippen MR) is 74.6 cm³/mol. The molecule has 0 aliphatic carbocycles. The summed E-state index contributed by atoms with van der Waals surface area (Å²) < 4.78 is 57.2. The summed E-state index contributed by atoms with van der Waals surface area (Å²) in [5.74, 6) is 0. The van der Waals surface area contributed by atoms with Gasteiger partial charge in [0, 0.05) is 26.0 Å². The van der Waals surface area contributed by atoms with E-state index in [2.05, 4.69) is 40.4 Å². The zero-order valence-electron chi connectivity index (χ0n) is 12.6. The van der Waals surface area contributed by atoms with Gasteiger partial charge in [0.25, 0.3) is 0 Å². The van der Waals surface area contributed by atoms with Crippen molar-refractivity contribution in [3.8, 4) is 0 Å². The Balaban J connectivity index is 0.000000384. The smallest absolute Gasteiger partial charge is 0.362 e. The van der Waals surface area contributed by atoms with Crippen LogP contribution in [0.4, 0.5) is 13.2 Å². The van der Waals surface area contributed by atoms with Crippen LogP contribution in [0, 0.1) is 0 Å². The van der Waals surface area contributed by atoms with Gasteiger partial charge >= 0.3 is 15.6 Å². The summed E-state index contributed by atoms with van der Waals surface area (Å²) in [6, 6.07) is 0. The van der Waals surface area contributed by atoms with Gasteiger partial charge < -0.3 is 9.80 Å². The summed E-state index contributed by atoms with van der Waals surface area (Å²) in [4.78, 5) is 4.56. The van der Waals surface area contributed by atoms with Crippen molar-refractivity contribution >= 4 is 10.1 Å². The Hall–Kier alpha value is -0.960. The van der Waals surface area contributed by atoms with Crippen LogP contribution in [-0.4, -0.2) is 50.6 Å². The van der Waals surface area contributed by atoms with E-state index in [9.17, 15) is 21.6 Å². The first-order valence-corrected chi connectivity index (χ1v) is 8.13. The minimum absolute atomic E-state index is 0.512. The molecular weight excluding hydrogens is 309 g/mol. The molecule has 0 fully saturated rings. The summed E-state index contributed by atoms with van der Waals surface area (Å²) >= 11 is 0. The van der Waals surface area contributed by atoms with Crippen LogP contribution >= 0.6 is 0 Å². The minimum Gasteiger partial charge on any atom is -0.362 e. The lowest BCUT2D eigenvalue weighted by Crippen LogP contribution is -2.25. The fraction of sp³-hybridized carbons (Fsp3) is 0.833. The second kappa shape index (κ2) is 9.14. The Morgan fingerprint density at radius 1 is 1.19 bits per heavy atom. The van der Waals surface area contributed by atoms with Crippen molar-refractivity contribution in [1.29, 1.82) is 0 Å². The number of alkyl halides is 3. The second-order valence-corrected chi connectivity index (χ2v) is 6.13. The van der Waals surface area contributed by atoms with Gasteiger partial charge in [-0.25, -0.2) is 0 Å². The monoisotopic (exact) mass is 332 g/mol. The maximum absolute atomic E-state index is 11.3. The molecule has 0 saturated carbocycles. The Morgan fingerprint density at radius 2 is 1.81 bits per heavy atom. The fourth-order valence-electron chi connectivity index (χ4n) is 1.52. The van der Waals surface area contributed by atoms with E-state index in [0.717, 1.165) is 13.6 Å². The van der Waals surface area contributed by atoms with E-state index in [-0.39, 0.29) is 0 Å². The molecule has 5 nitrogen and oxygen atoms in total. The Bertz CT molecular complexity index is 410. The third-order valence-corrected chi connectivity index (χ3v) is 3.65. The topological polar surface area (TPSA) is 49.9 Å². The number of nitrogens with zero attached hydrogens (tertiary/aromatic N) is 2. The molecule has 0 N–H and O–H groups in total. The lowest BCUT2D eigenvalue weighted by molar-refractivity contribution is -0.0539. The summed E-state index contributed by atoms with van der Waals surface area (Å²) in [5.41, 5.74) is -5.30. The molecule has 9 heteroatoms. The summed E-state index contributed by atoms with van der Waals surface area (Å²) in [5, 5.41) is 0. The normalized spacial score (nSPS) is 15.1. The molecule has 1 aliphatic rings. The van der Waals surface area contributed by atoms with E-state index in [1.165, 1.54) is 25.8 Å². The molecular formula is C12H23F3N2O3S. The Morgan fingerprint density at radius 3 is 2.14 bits per heavy atom. The molecule has 0 spiro atoms. The molecule has 21 heavy (non-hydrogen) atoms. The third kappa shape index (κ3) is 8.15. The molecule has 0 aromatic rings. The van der Waals surface area contributed by atoms with E-state index < -0.39 is 22.2 Å².